The first kappa shape index (κ1) is 27.6. The topological polar surface area (TPSA) is 122 Å². The van der Waals surface area contributed by atoms with Crippen LogP contribution in [-0.4, -0.2) is 44.0 Å². The molecule has 0 N–H and O–H groups in total. The molecule has 0 fully saturated rings. The quantitative estimate of drug-likeness (QED) is 0.185. The molecule has 0 unspecified atom stereocenters. The number of fused-ring (bicyclic) bond motifs is 4. The maximum atomic E-state index is 11.3. The first-order chi connectivity index (χ1) is 18.0. The number of thiazole rings is 1. The fourth-order valence-electron chi connectivity index (χ4n) is 4.52. The Morgan fingerprint density at radius 3 is 2.45 bits per heavy atom. The molecule has 0 aliphatic carbocycles. The van der Waals surface area contributed by atoms with Crippen LogP contribution in [0, 0.1) is 0 Å². The first-order valence-electron chi connectivity index (χ1n) is 11.7. The Kier molecular flexibility index (Phi) is 7.89. The van der Waals surface area contributed by atoms with Crippen molar-refractivity contribution in [3.8, 4) is 0 Å². The maximum absolute atomic E-state index is 11.3. The standard InChI is InChI=1S/C25H23BrN2O6S4/c26-18-8-10-21-20(15-18)27(11-3-13-37(29,30)31)23(35-21)16-24-28(12-4-14-38(32,33)34)25-19-6-2-1-5-17(19)7-9-22(25)36-24/h1-2,5-10,15-16H,3-4,11-14H2,(H-,29,30,31,32,33,34)/p-1. The van der Waals surface area contributed by atoms with Crippen molar-refractivity contribution >= 4 is 92.0 Å². The minimum Gasteiger partial charge on any atom is -0.748 e. The Labute approximate surface area is 237 Å². The summed E-state index contributed by atoms with van der Waals surface area (Å²) in [5.74, 6) is -0.911. The van der Waals surface area contributed by atoms with Crippen molar-refractivity contribution in [1.82, 2.24) is 0 Å². The van der Waals surface area contributed by atoms with Gasteiger partial charge in [-0.05, 0) is 42.1 Å². The molecule has 1 aliphatic heterocycles. The highest BCUT2D eigenvalue weighted by Crippen LogP contribution is 2.48. The molecule has 8 nitrogen and oxygen atoms in total. The van der Waals surface area contributed by atoms with Crippen LogP contribution < -0.4 is 9.47 Å². The third-order valence-electron chi connectivity index (χ3n) is 6.11. The predicted octanol–water partition coefficient (Wildman–Crippen LogP) is 4.89. The van der Waals surface area contributed by atoms with Gasteiger partial charge in [-0.2, -0.15) is 4.57 Å². The lowest BCUT2D eigenvalue weighted by atomic mass is 10.1. The van der Waals surface area contributed by atoms with Crippen LogP contribution in [0.25, 0.3) is 27.1 Å². The number of benzene rings is 3. The number of aromatic nitrogens is 1. The van der Waals surface area contributed by atoms with Gasteiger partial charge >= 0.3 is 0 Å². The van der Waals surface area contributed by atoms with Gasteiger partial charge in [-0.3, -0.25) is 0 Å². The molecule has 0 spiro atoms. The molecular weight excluding hydrogens is 632 g/mol. The van der Waals surface area contributed by atoms with Gasteiger partial charge in [-0.25, -0.2) is 16.8 Å². The number of anilines is 1. The molecule has 0 saturated heterocycles. The summed E-state index contributed by atoms with van der Waals surface area (Å²) in [4.78, 5) is 3.00. The van der Waals surface area contributed by atoms with Crippen LogP contribution >= 0.6 is 39.0 Å². The molecule has 0 atom stereocenters. The molecule has 0 saturated carbocycles. The first-order valence-corrected chi connectivity index (χ1v) is 17.2. The Morgan fingerprint density at radius 2 is 1.68 bits per heavy atom. The Balaban J connectivity index is 1.60. The van der Waals surface area contributed by atoms with E-state index in [0.717, 1.165) is 46.1 Å². The lowest BCUT2D eigenvalue weighted by molar-refractivity contribution is -0.667. The van der Waals surface area contributed by atoms with Gasteiger partial charge in [0.2, 0.25) is 5.52 Å². The molecule has 200 valence electrons. The van der Waals surface area contributed by atoms with Crippen molar-refractivity contribution in [1.29, 1.82) is 0 Å². The zero-order valence-electron chi connectivity index (χ0n) is 19.9. The van der Waals surface area contributed by atoms with Crippen LogP contribution in [0.3, 0.4) is 0 Å². The number of hydrogen-bond donors (Lipinski definition) is 0. The summed E-state index contributed by atoms with van der Waals surface area (Å²) in [6.45, 7) is 0.679. The monoisotopic (exact) mass is 653 g/mol. The molecule has 0 bridgehead atoms. The van der Waals surface area contributed by atoms with E-state index in [1.807, 2.05) is 65.6 Å². The summed E-state index contributed by atoms with van der Waals surface area (Å²) in [6.07, 6.45) is 2.36. The Morgan fingerprint density at radius 1 is 0.947 bits per heavy atom. The maximum Gasteiger partial charge on any atom is 0.265 e. The number of nitrogens with zero attached hydrogens (tertiary/aromatic N) is 2. The molecule has 1 aromatic heterocycles. The number of hydrogen-bond acceptors (Lipinski definition) is 9. The van der Waals surface area contributed by atoms with E-state index < -0.39 is 31.7 Å². The van der Waals surface area contributed by atoms with E-state index in [2.05, 4.69) is 20.5 Å². The van der Waals surface area contributed by atoms with Gasteiger partial charge in [0.25, 0.3) is 5.01 Å². The summed E-state index contributed by atoms with van der Waals surface area (Å²) < 4.78 is 71.6. The second-order valence-electron chi connectivity index (χ2n) is 8.80. The van der Waals surface area contributed by atoms with Crippen LogP contribution in [0.15, 0.2) is 69.0 Å². The highest BCUT2D eigenvalue weighted by Gasteiger charge is 2.29. The van der Waals surface area contributed by atoms with Crippen LogP contribution in [-0.2, 0) is 26.8 Å². The molecule has 3 aromatic carbocycles. The zero-order chi connectivity index (χ0) is 27.1. The average molecular weight is 655 g/mol. The largest absolute Gasteiger partial charge is 0.748 e. The lowest BCUT2D eigenvalue weighted by Gasteiger charge is -2.20. The number of halogens is 1. The third kappa shape index (κ3) is 6.24. The van der Waals surface area contributed by atoms with Crippen LogP contribution in [0.2, 0.25) is 0 Å². The van der Waals surface area contributed by atoms with E-state index >= 15 is 0 Å². The summed E-state index contributed by atoms with van der Waals surface area (Å²) in [5.41, 5.74) is 1.88. The second-order valence-corrected chi connectivity index (χ2v) is 14.9. The molecule has 5 rings (SSSR count). The van der Waals surface area contributed by atoms with Gasteiger partial charge in [0.15, 0.2) is 6.54 Å². The van der Waals surface area contributed by atoms with E-state index in [9.17, 15) is 25.9 Å². The fraction of sp³-hybridized carbons (Fsp3) is 0.240. The van der Waals surface area contributed by atoms with Crippen LogP contribution in [0.1, 0.15) is 17.8 Å². The molecular formula is C25H22BrN2O6S4-. The fourth-order valence-corrected chi connectivity index (χ4v) is 8.16. The van der Waals surface area contributed by atoms with E-state index in [0.29, 0.717) is 13.1 Å². The van der Waals surface area contributed by atoms with Crippen LogP contribution in [0.5, 0.6) is 0 Å². The van der Waals surface area contributed by atoms with E-state index in [-0.39, 0.29) is 12.8 Å². The van der Waals surface area contributed by atoms with Crippen molar-refractivity contribution in [2.24, 2.45) is 0 Å². The molecule has 13 heteroatoms. The highest BCUT2D eigenvalue weighted by atomic mass is 79.9. The van der Waals surface area contributed by atoms with Crippen molar-refractivity contribution in [2.45, 2.75) is 24.3 Å². The van der Waals surface area contributed by atoms with Crippen molar-refractivity contribution in [3.05, 3.63) is 69.1 Å². The number of rotatable bonds is 9. The molecule has 0 radical (unpaired) electrons. The summed E-state index contributed by atoms with van der Waals surface area (Å²) in [5, 5.41) is 3.81. The van der Waals surface area contributed by atoms with E-state index in [1.165, 1.54) is 0 Å². The smallest absolute Gasteiger partial charge is 0.265 e. The Hall–Kier alpha value is -2.00. The molecule has 0 amide bonds. The summed E-state index contributed by atoms with van der Waals surface area (Å²) in [7, 11) is -8.68. The van der Waals surface area contributed by atoms with Crippen molar-refractivity contribution in [2.75, 3.05) is 23.0 Å². The average Bonchev–Trinajstić information content (AvgIpc) is 3.35. The molecule has 38 heavy (non-hydrogen) atoms. The summed E-state index contributed by atoms with van der Waals surface area (Å²) >= 11 is 6.60. The van der Waals surface area contributed by atoms with E-state index in [1.54, 1.807) is 23.1 Å². The van der Waals surface area contributed by atoms with Gasteiger partial charge in [-0.15, -0.1) is 0 Å². The second kappa shape index (κ2) is 10.9. The third-order valence-corrected chi connectivity index (χ3v) is 10.4. The van der Waals surface area contributed by atoms with Crippen molar-refractivity contribution in [3.63, 3.8) is 0 Å². The minimum atomic E-state index is -4.35. The van der Waals surface area contributed by atoms with Crippen LogP contribution in [0.4, 0.5) is 5.69 Å². The van der Waals surface area contributed by atoms with Gasteiger partial charge < -0.3 is 14.0 Å². The van der Waals surface area contributed by atoms with E-state index in [4.69, 9.17) is 0 Å². The molecule has 2 heterocycles. The van der Waals surface area contributed by atoms with Gasteiger partial charge in [0, 0.05) is 33.8 Å². The number of thioether (sulfide) groups is 1. The summed E-state index contributed by atoms with van der Waals surface area (Å²) in [6, 6.07) is 17.9. The van der Waals surface area contributed by atoms with Gasteiger partial charge in [-0.1, -0.05) is 63.3 Å². The lowest BCUT2D eigenvalue weighted by Crippen LogP contribution is -2.36. The number of aryl methyl sites for hydroxylation is 1. The molecule has 1 aliphatic rings. The van der Waals surface area contributed by atoms with Crippen molar-refractivity contribution < 1.29 is 30.5 Å². The van der Waals surface area contributed by atoms with Gasteiger partial charge in [0.05, 0.1) is 42.4 Å². The minimum absolute atomic E-state index is 0.174. The molecule has 4 aromatic rings. The zero-order valence-corrected chi connectivity index (χ0v) is 24.7. The normalized spacial score (nSPS) is 15.1. The SMILES string of the molecule is O=S(=O)([O-])CCCN1C(=Cc2sc3ccc4ccccc4c3[n+]2CCCS(=O)(=O)[O-])Sc2ccc(Br)cc21. The highest BCUT2D eigenvalue weighted by molar-refractivity contribution is 9.10. The van der Waals surface area contributed by atoms with Gasteiger partial charge in [0.1, 0.15) is 4.70 Å². The predicted molar refractivity (Wildman–Crippen MR) is 153 cm³/mol. The Bertz CT molecular complexity index is 1780.